The Morgan fingerprint density at radius 2 is 2.18 bits per heavy atom. The summed E-state index contributed by atoms with van der Waals surface area (Å²) in [5.41, 5.74) is -0.765. The predicted molar refractivity (Wildman–Crippen MR) is 78.0 cm³/mol. The van der Waals surface area contributed by atoms with Crippen molar-refractivity contribution >= 4 is 23.5 Å². The van der Waals surface area contributed by atoms with Crippen molar-refractivity contribution in [1.82, 2.24) is 4.90 Å². The number of aliphatic carboxylic acids is 1. The minimum absolute atomic E-state index is 0.0550. The summed E-state index contributed by atoms with van der Waals surface area (Å²) < 4.78 is 5.37. The Labute approximate surface area is 132 Å². The van der Waals surface area contributed by atoms with E-state index in [1.54, 1.807) is 0 Å². The van der Waals surface area contributed by atoms with Crippen LogP contribution in [-0.4, -0.2) is 53.3 Å². The van der Waals surface area contributed by atoms with Crippen molar-refractivity contribution < 1.29 is 24.5 Å². The lowest BCUT2D eigenvalue weighted by atomic mass is 9.74. The van der Waals surface area contributed by atoms with Gasteiger partial charge in [-0.1, -0.05) is 11.6 Å². The van der Waals surface area contributed by atoms with Gasteiger partial charge in [0.25, 0.3) is 5.91 Å². The van der Waals surface area contributed by atoms with Crippen LogP contribution in [0.15, 0.2) is 18.2 Å². The van der Waals surface area contributed by atoms with Gasteiger partial charge in [0, 0.05) is 25.6 Å². The van der Waals surface area contributed by atoms with Crippen molar-refractivity contribution in [3.05, 3.63) is 28.8 Å². The molecule has 3 rings (SSSR count). The Morgan fingerprint density at radius 3 is 2.86 bits per heavy atom. The Balaban J connectivity index is 1.89. The molecule has 7 heteroatoms. The maximum atomic E-state index is 12.6. The summed E-state index contributed by atoms with van der Waals surface area (Å²) in [7, 11) is 0. The number of aromatic hydroxyl groups is 1. The van der Waals surface area contributed by atoms with Gasteiger partial charge in [-0.25, -0.2) is 0 Å². The lowest BCUT2D eigenvalue weighted by Crippen LogP contribution is -2.45. The highest BCUT2D eigenvalue weighted by atomic mass is 35.5. The molecule has 2 N–H and O–H groups in total. The zero-order chi connectivity index (χ0) is 15.9. The lowest BCUT2D eigenvalue weighted by Gasteiger charge is -2.33. The van der Waals surface area contributed by atoms with E-state index in [2.05, 4.69) is 0 Å². The standard InChI is InChI=1S/C15H16ClNO5/c16-12-2-1-10(18)5-11(12)13(19)17-6-9-7-22-4-3-15(9,8-17)14(20)21/h1-2,5,9,18H,3-4,6-8H2,(H,20,21)/t9-,15+/m0/s1. The van der Waals surface area contributed by atoms with E-state index in [1.807, 2.05) is 0 Å². The fourth-order valence-corrected chi connectivity index (χ4v) is 3.50. The molecule has 2 heterocycles. The van der Waals surface area contributed by atoms with E-state index < -0.39 is 11.4 Å². The molecule has 6 nitrogen and oxygen atoms in total. The second kappa shape index (κ2) is 5.44. The molecule has 2 aliphatic heterocycles. The molecule has 2 fully saturated rings. The Morgan fingerprint density at radius 1 is 1.41 bits per heavy atom. The van der Waals surface area contributed by atoms with Gasteiger partial charge in [-0.05, 0) is 24.6 Å². The number of phenolic OH excluding ortho intramolecular Hbond substituents is 1. The number of nitrogens with zero attached hydrogens (tertiary/aromatic N) is 1. The van der Waals surface area contributed by atoms with Crippen LogP contribution in [0.5, 0.6) is 5.75 Å². The van der Waals surface area contributed by atoms with Gasteiger partial charge < -0.3 is 19.8 Å². The summed E-state index contributed by atoms with van der Waals surface area (Å²) in [5, 5.41) is 19.4. The van der Waals surface area contributed by atoms with Crippen LogP contribution in [0.3, 0.4) is 0 Å². The molecule has 0 aromatic heterocycles. The van der Waals surface area contributed by atoms with Crippen LogP contribution in [0.2, 0.25) is 5.02 Å². The molecule has 0 saturated carbocycles. The largest absolute Gasteiger partial charge is 0.508 e. The summed E-state index contributed by atoms with van der Waals surface area (Å²) >= 11 is 6.02. The zero-order valence-electron chi connectivity index (χ0n) is 11.8. The van der Waals surface area contributed by atoms with Crippen molar-refractivity contribution in [2.75, 3.05) is 26.3 Å². The van der Waals surface area contributed by atoms with Gasteiger partial charge in [0.2, 0.25) is 0 Å². The van der Waals surface area contributed by atoms with E-state index in [0.717, 1.165) is 0 Å². The maximum Gasteiger partial charge on any atom is 0.311 e. The average Bonchev–Trinajstić information content (AvgIpc) is 2.90. The van der Waals surface area contributed by atoms with Crippen LogP contribution in [0, 0.1) is 11.3 Å². The molecule has 0 radical (unpaired) electrons. The van der Waals surface area contributed by atoms with Crippen LogP contribution in [0.1, 0.15) is 16.8 Å². The van der Waals surface area contributed by atoms with Gasteiger partial charge >= 0.3 is 5.97 Å². The summed E-state index contributed by atoms with van der Waals surface area (Å²) in [6.45, 7) is 1.18. The summed E-state index contributed by atoms with van der Waals surface area (Å²) in [6, 6.07) is 4.15. The van der Waals surface area contributed by atoms with Gasteiger partial charge in [-0.15, -0.1) is 0 Å². The monoisotopic (exact) mass is 325 g/mol. The third-order valence-electron chi connectivity index (χ3n) is 4.60. The molecule has 0 unspecified atom stereocenters. The number of hydrogen-bond acceptors (Lipinski definition) is 4. The molecule has 22 heavy (non-hydrogen) atoms. The fraction of sp³-hybridized carbons (Fsp3) is 0.467. The SMILES string of the molecule is O=C(c1cc(O)ccc1Cl)N1C[C@H]2COCC[C@@]2(C(=O)O)C1. The third kappa shape index (κ3) is 2.32. The Bertz CT molecular complexity index is 634. The molecule has 1 aromatic carbocycles. The molecule has 0 aliphatic carbocycles. The molecule has 0 spiro atoms. The first kappa shape index (κ1) is 15.1. The van der Waals surface area contributed by atoms with Crippen molar-refractivity contribution in [3.8, 4) is 5.75 Å². The zero-order valence-corrected chi connectivity index (χ0v) is 12.5. The van der Waals surface area contributed by atoms with E-state index >= 15 is 0 Å². The summed E-state index contributed by atoms with van der Waals surface area (Å²) in [5.74, 6) is -1.53. The van der Waals surface area contributed by atoms with E-state index in [9.17, 15) is 19.8 Å². The first-order valence-electron chi connectivity index (χ1n) is 7.03. The van der Waals surface area contributed by atoms with Gasteiger partial charge in [0.1, 0.15) is 5.75 Å². The van der Waals surface area contributed by atoms with Crippen LogP contribution < -0.4 is 0 Å². The van der Waals surface area contributed by atoms with Gasteiger partial charge in [-0.2, -0.15) is 0 Å². The molecule has 0 bridgehead atoms. The minimum Gasteiger partial charge on any atom is -0.508 e. The van der Waals surface area contributed by atoms with Crippen LogP contribution >= 0.6 is 11.6 Å². The highest BCUT2D eigenvalue weighted by Crippen LogP contribution is 2.43. The molecular weight excluding hydrogens is 310 g/mol. The Hall–Kier alpha value is -1.79. The van der Waals surface area contributed by atoms with Crippen molar-refractivity contribution in [2.24, 2.45) is 11.3 Å². The number of phenols is 1. The first-order chi connectivity index (χ1) is 10.4. The summed E-state index contributed by atoms with van der Waals surface area (Å²) in [4.78, 5) is 25.8. The highest BCUT2D eigenvalue weighted by molar-refractivity contribution is 6.33. The number of fused-ring (bicyclic) bond motifs is 1. The number of halogens is 1. The van der Waals surface area contributed by atoms with Crippen LogP contribution in [0.4, 0.5) is 0 Å². The predicted octanol–water partition coefficient (Wildman–Crippen LogP) is 1.61. The molecular formula is C15H16ClNO5. The summed E-state index contributed by atoms with van der Waals surface area (Å²) in [6.07, 6.45) is 0.393. The number of ether oxygens (including phenoxy) is 1. The number of hydrogen-bond donors (Lipinski definition) is 2. The molecule has 118 valence electrons. The van der Waals surface area contributed by atoms with Crippen LogP contribution in [-0.2, 0) is 9.53 Å². The number of amides is 1. The smallest absolute Gasteiger partial charge is 0.311 e. The molecule has 1 amide bonds. The molecule has 2 atom stereocenters. The fourth-order valence-electron chi connectivity index (χ4n) is 3.30. The molecule has 1 aromatic rings. The topological polar surface area (TPSA) is 87.1 Å². The highest BCUT2D eigenvalue weighted by Gasteiger charge is 2.55. The number of benzene rings is 1. The lowest BCUT2D eigenvalue weighted by molar-refractivity contribution is -0.157. The average molecular weight is 326 g/mol. The van der Waals surface area contributed by atoms with E-state index in [0.29, 0.717) is 26.2 Å². The van der Waals surface area contributed by atoms with E-state index in [-0.39, 0.29) is 34.7 Å². The second-order valence-electron chi connectivity index (χ2n) is 5.83. The number of likely N-dealkylation sites (tertiary alicyclic amines) is 1. The van der Waals surface area contributed by atoms with E-state index in [1.165, 1.54) is 23.1 Å². The van der Waals surface area contributed by atoms with Gasteiger partial charge in [0.05, 0.1) is 22.6 Å². The van der Waals surface area contributed by atoms with Crippen molar-refractivity contribution in [3.63, 3.8) is 0 Å². The molecule has 2 aliphatic rings. The number of carbonyl (C=O) groups excluding carboxylic acids is 1. The van der Waals surface area contributed by atoms with Crippen LogP contribution in [0.25, 0.3) is 0 Å². The minimum atomic E-state index is -0.947. The second-order valence-corrected chi connectivity index (χ2v) is 6.24. The maximum absolute atomic E-state index is 12.6. The van der Waals surface area contributed by atoms with E-state index in [4.69, 9.17) is 16.3 Å². The third-order valence-corrected chi connectivity index (χ3v) is 4.93. The normalized spacial score (nSPS) is 27.5. The number of carbonyl (C=O) groups is 2. The number of rotatable bonds is 2. The number of carboxylic acid groups (broad SMARTS) is 1. The van der Waals surface area contributed by atoms with Crippen molar-refractivity contribution in [2.45, 2.75) is 6.42 Å². The van der Waals surface area contributed by atoms with Gasteiger partial charge in [-0.3, -0.25) is 9.59 Å². The number of carboxylic acids is 1. The molecule has 2 saturated heterocycles. The first-order valence-corrected chi connectivity index (χ1v) is 7.41. The quantitative estimate of drug-likeness (QED) is 0.862. The van der Waals surface area contributed by atoms with Crippen molar-refractivity contribution in [1.29, 1.82) is 0 Å². The Kier molecular flexibility index (Phi) is 3.74. The van der Waals surface area contributed by atoms with Gasteiger partial charge in [0.15, 0.2) is 0 Å².